The third-order valence-electron chi connectivity index (χ3n) is 4.83. The molecule has 3 saturated heterocycles. The van der Waals surface area contributed by atoms with E-state index >= 15 is 0 Å². The standard InChI is InChI=1S/C13H25N3/c1-2-14-13(11-4-3-5-11)12-10-15-6-8-16(12)9-7-15/h11-14H,2-10H2,1H3. The Labute approximate surface area is 99.2 Å². The van der Waals surface area contributed by atoms with E-state index in [1.807, 2.05) is 0 Å². The Balaban J connectivity index is 1.68. The second-order valence-electron chi connectivity index (χ2n) is 5.68. The summed E-state index contributed by atoms with van der Waals surface area (Å²) in [5, 5.41) is 3.77. The number of likely N-dealkylation sites (N-methyl/N-ethyl adjacent to an activating group) is 1. The largest absolute Gasteiger partial charge is 0.312 e. The fourth-order valence-electron chi connectivity index (χ4n) is 3.65. The minimum atomic E-state index is 0.766. The maximum absolute atomic E-state index is 3.77. The first-order valence-electron chi connectivity index (χ1n) is 7.08. The van der Waals surface area contributed by atoms with Gasteiger partial charge in [0.25, 0.3) is 0 Å². The number of hydrogen-bond donors (Lipinski definition) is 1. The predicted octanol–water partition coefficient (Wildman–Crippen LogP) is 0.764. The zero-order valence-electron chi connectivity index (χ0n) is 10.5. The fraction of sp³-hybridized carbons (Fsp3) is 1.00. The van der Waals surface area contributed by atoms with Crippen LogP contribution in [-0.4, -0.2) is 61.2 Å². The second-order valence-corrected chi connectivity index (χ2v) is 5.68. The number of piperazine rings is 3. The molecule has 92 valence electrons. The predicted molar refractivity (Wildman–Crippen MR) is 66.6 cm³/mol. The first-order valence-corrected chi connectivity index (χ1v) is 7.08. The fourth-order valence-corrected chi connectivity index (χ4v) is 3.65. The lowest BCUT2D eigenvalue weighted by atomic mass is 9.76. The molecular weight excluding hydrogens is 198 g/mol. The van der Waals surface area contributed by atoms with Gasteiger partial charge in [-0.25, -0.2) is 0 Å². The average molecular weight is 223 g/mol. The Hall–Kier alpha value is -0.120. The highest BCUT2D eigenvalue weighted by Gasteiger charge is 2.40. The van der Waals surface area contributed by atoms with Crippen LogP contribution >= 0.6 is 0 Å². The van der Waals surface area contributed by atoms with Crippen LogP contribution in [0.2, 0.25) is 0 Å². The van der Waals surface area contributed by atoms with Gasteiger partial charge in [-0.05, 0) is 25.3 Å². The van der Waals surface area contributed by atoms with E-state index in [1.165, 1.54) is 52.0 Å². The highest BCUT2D eigenvalue weighted by atomic mass is 15.4. The smallest absolute Gasteiger partial charge is 0.0380 e. The van der Waals surface area contributed by atoms with Gasteiger partial charge < -0.3 is 5.32 Å². The molecule has 3 heteroatoms. The molecule has 2 bridgehead atoms. The molecule has 0 aromatic rings. The molecule has 16 heavy (non-hydrogen) atoms. The Bertz CT molecular complexity index is 231. The topological polar surface area (TPSA) is 18.5 Å². The summed E-state index contributed by atoms with van der Waals surface area (Å²) in [4.78, 5) is 5.40. The van der Waals surface area contributed by atoms with Gasteiger partial charge in [0.2, 0.25) is 0 Å². The summed E-state index contributed by atoms with van der Waals surface area (Å²) in [5.41, 5.74) is 0. The molecule has 0 aromatic heterocycles. The molecule has 4 rings (SSSR count). The van der Waals surface area contributed by atoms with Gasteiger partial charge in [-0.1, -0.05) is 13.3 Å². The Morgan fingerprint density at radius 3 is 2.38 bits per heavy atom. The van der Waals surface area contributed by atoms with E-state index in [-0.39, 0.29) is 0 Å². The summed E-state index contributed by atoms with van der Waals surface area (Å²) in [5.74, 6) is 0.963. The van der Waals surface area contributed by atoms with E-state index < -0.39 is 0 Å². The highest BCUT2D eigenvalue weighted by molar-refractivity contribution is 4.98. The van der Waals surface area contributed by atoms with E-state index in [0.717, 1.165) is 24.5 Å². The lowest BCUT2D eigenvalue weighted by Crippen LogP contribution is -2.68. The van der Waals surface area contributed by atoms with Crippen molar-refractivity contribution < 1.29 is 0 Å². The molecule has 3 heterocycles. The summed E-state index contributed by atoms with van der Waals surface area (Å²) >= 11 is 0. The van der Waals surface area contributed by atoms with Crippen LogP contribution in [0.5, 0.6) is 0 Å². The van der Waals surface area contributed by atoms with Crippen LogP contribution in [0.15, 0.2) is 0 Å². The molecule has 0 aromatic carbocycles. The molecule has 4 fully saturated rings. The molecule has 2 unspecified atom stereocenters. The lowest BCUT2D eigenvalue weighted by molar-refractivity contribution is -0.0205. The quantitative estimate of drug-likeness (QED) is 0.759. The monoisotopic (exact) mass is 223 g/mol. The molecule has 0 amide bonds. The normalized spacial score (nSPS) is 40.7. The number of rotatable bonds is 4. The first-order chi connectivity index (χ1) is 7.88. The van der Waals surface area contributed by atoms with Crippen LogP contribution in [0.1, 0.15) is 26.2 Å². The SMILES string of the molecule is CCNC(C1CCC1)C1CN2CCN1CC2. The van der Waals surface area contributed by atoms with Crippen molar-refractivity contribution >= 4 is 0 Å². The molecule has 4 aliphatic rings. The zero-order chi connectivity index (χ0) is 11.0. The van der Waals surface area contributed by atoms with E-state index in [9.17, 15) is 0 Å². The van der Waals surface area contributed by atoms with Gasteiger partial charge in [-0.2, -0.15) is 0 Å². The summed E-state index contributed by atoms with van der Waals surface area (Å²) in [7, 11) is 0. The summed E-state index contributed by atoms with van der Waals surface area (Å²) in [6, 6.07) is 1.56. The van der Waals surface area contributed by atoms with Crippen molar-refractivity contribution in [3.05, 3.63) is 0 Å². The van der Waals surface area contributed by atoms with Crippen molar-refractivity contribution in [1.82, 2.24) is 15.1 Å². The van der Waals surface area contributed by atoms with Crippen molar-refractivity contribution in [3.8, 4) is 0 Å². The zero-order valence-corrected chi connectivity index (χ0v) is 10.5. The maximum Gasteiger partial charge on any atom is 0.0380 e. The second kappa shape index (κ2) is 4.63. The van der Waals surface area contributed by atoms with Crippen LogP contribution in [0.3, 0.4) is 0 Å². The van der Waals surface area contributed by atoms with Gasteiger partial charge in [0, 0.05) is 44.8 Å². The Kier molecular flexibility index (Phi) is 3.18. The van der Waals surface area contributed by atoms with Gasteiger partial charge in [-0.3, -0.25) is 9.80 Å². The first kappa shape index (κ1) is 11.0. The molecule has 3 aliphatic heterocycles. The van der Waals surface area contributed by atoms with Crippen LogP contribution in [0.4, 0.5) is 0 Å². The van der Waals surface area contributed by atoms with Crippen LogP contribution in [0.25, 0.3) is 0 Å². The average Bonchev–Trinajstić information content (AvgIpc) is 2.27. The molecule has 2 atom stereocenters. The van der Waals surface area contributed by atoms with Gasteiger partial charge in [0.05, 0.1) is 0 Å². The Morgan fingerprint density at radius 1 is 1.19 bits per heavy atom. The minimum absolute atomic E-state index is 0.766. The van der Waals surface area contributed by atoms with Crippen molar-refractivity contribution in [2.45, 2.75) is 38.3 Å². The lowest BCUT2D eigenvalue weighted by Gasteiger charge is -2.52. The van der Waals surface area contributed by atoms with E-state index in [0.29, 0.717) is 0 Å². The minimum Gasteiger partial charge on any atom is -0.312 e. The molecular formula is C13H25N3. The molecule has 0 spiro atoms. The molecule has 3 nitrogen and oxygen atoms in total. The number of nitrogens with zero attached hydrogens (tertiary/aromatic N) is 2. The third-order valence-corrected chi connectivity index (χ3v) is 4.83. The van der Waals surface area contributed by atoms with Gasteiger partial charge in [0.15, 0.2) is 0 Å². The van der Waals surface area contributed by atoms with Crippen molar-refractivity contribution in [2.75, 3.05) is 39.3 Å². The Morgan fingerprint density at radius 2 is 1.94 bits per heavy atom. The summed E-state index contributed by atoms with van der Waals surface area (Å²) in [6.45, 7) is 9.92. The van der Waals surface area contributed by atoms with E-state index in [1.54, 1.807) is 0 Å². The highest BCUT2D eigenvalue weighted by Crippen LogP contribution is 2.33. The number of nitrogens with one attached hydrogen (secondary N) is 1. The molecule has 0 radical (unpaired) electrons. The van der Waals surface area contributed by atoms with Gasteiger partial charge in [0.1, 0.15) is 0 Å². The van der Waals surface area contributed by atoms with E-state index in [2.05, 4.69) is 22.0 Å². The number of fused-ring (bicyclic) bond motifs is 3. The van der Waals surface area contributed by atoms with Crippen molar-refractivity contribution in [3.63, 3.8) is 0 Å². The molecule has 1 saturated carbocycles. The molecule has 1 N–H and O–H groups in total. The van der Waals surface area contributed by atoms with Crippen LogP contribution in [-0.2, 0) is 0 Å². The number of hydrogen-bond acceptors (Lipinski definition) is 3. The van der Waals surface area contributed by atoms with Gasteiger partial charge in [-0.15, -0.1) is 0 Å². The van der Waals surface area contributed by atoms with Crippen LogP contribution in [0, 0.1) is 5.92 Å². The van der Waals surface area contributed by atoms with Gasteiger partial charge >= 0.3 is 0 Å². The summed E-state index contributed by atoms with van der Waals surface area (Å²) < 4.78 is 0. The van der Waals surface area contributed by atoms with Crippen molar-refractivity contribution in [2.24, 2.45) is 5.92 Å². The van der Waals surface area contributed by atoms with E-state index in [4.69, 9.17) is 0 Å². The van der Waals surface area contributed by atoms with Crippen LogP contribution < -0.4 is 5.32 Å². The molecule has 1 aliphatic carbocycles. The van der Waals surface area contributed by atoms with Crippen molar-refractivity contribution in [1.29, 1.82) is 0 Å². The summed E-state index contributed by atoms with van der Waals surface area (Å²) in [6.07, 6.45) is 4.38. The third kappa shape index (κ3) is 1.89. The maximum atomic E-state index is 3.77.